The molecule has 0 saturated carbocycles. The molecule has 2 aromatic carbocycles. The molecule has 0 spiro atoms. The second kappa shape index (κ2) is 9.54. The van der Waals surface area contributed by atoms with E-state index in [0.717, 1.165) is 37.3 Å². The zero-order valence-corrected chi connectivity index (χ0v) is 17.6. The molecule has 0 unspecified atom stereocenters. The van der Waals surface area contributed by atoms with Crippen LogP contribution in [-0.2, 0) is 17.6 Å². The average molecular weight is 405 g/mol. The van der Waals surface area contributed by atoms with Gasteiger partial charge in [0.05, 0.1) is 13.2 Å². The van der Waals surface area contributed by atoms with Gasteiger partial charge in [-0.2, -0.15) is 15.0 Å². The van der Waals surface area contributed by atoms with Crippen molar-refractivity contribution in [3.05, 3.63) is 59.7 Å². The Labute approximate surface area is 177 Å². The van der Waals surface area contributed by atoms with Crippen LogP contribution in [0.1, 0.15) is 25.0 Å². The zero-order valence-electron chi connectivity index (χ0n) is 17.6. The van der Waals surface area contributed by atoms with Crippen LogP contribution in [0, 0.1) is 0 Å². The molecule has 1 aliphatic rings. The summed E-state index contributed by atoms with van der Waals surface area (Å²) in [6, 6.07) is 16.6. The molecule has 1 fully saturated rings. The molecule has 0 amide bonds. The molecule has 7 nitrogen and oxygen atoms in total. The number of hydrogen-bond acceptors (Lipinski definition) is 7. The van der Waals surface area contributed by atoms with Crippen LogP contribution in [0.5, 0.6) is 0 Å². The van der Waals surface area contributed by atoms with Gasteiger partial charge in [-0.1, -0.05) is 38.1 Å². The van der Waals surface area contributed by atoms with Gasteiger partial charge >= 0.3 is 0 Å². The standard InChI is InChI=1S/C23H28N6O/c1-3-17-5-9-19(10-6-17)24-21-26-22(25-20-11-7-18(4-2)8-12-20)28-23(27-21)29-13-15-30-16-14-29/h5-12H,3-4,13-16H2,1-2H3,(H2,24,25,26,27,28). The van der Waals surface area contributed by atoms with Crippen molar-refractivity contribution in [3.8, 4) is 0 Å². The maximum atomic E-state index is 5.47. The molecule has 1 saturated heterocycles. The smallest absolute Gasteiger partial charge is 0.233 e. The Morgan fingerprint density at radius 3 is 1.63 bits per heavy atom. The van der Waals surface area contributed by atoms with Gasteiger partial charge in [0.15, 0.2) is 0 Å². The Morgan fingerprint density at radius 1 is 0.733 bits per heavy atom. The Kier molecular flexibility index (Phi) is 6.39. The van der Waals surface area contributed by atoms with E-state index in [9.17, 15) is 0 Å². The van der Waals surface area contributed by atoms with Crippen molar-refractivity contribution in [2.45, 2.75) is 26.7 Å². The molecular weight excluding hydrogens is 376 g/mol. The minimum atomic E-state index is 0.517. The minimum absolute atomic E-state index is 0.517. The number of aromatic nitrogens is 3. The summed E-state index contributed by atoms with van der Waals surface area (Å²) in [4.78, 5) is 16.1. The van der Waals surface area contributed by atoms with E-state index in [-0.39, 0.29) is 0 Å². The Hall–Kier alpha value is -3.19. The predicted octanol–water partition coefficient (Wildman–Crippen LogP) is 4.32. The van der Waals surface area contributed by atoms with E-state index in [4.69, 9.17) is 4.74 Å². The lowest BCUT2D eigenvalue weighted by atomic mass is 10.1. The first-order valence-corrected chi connectivity index (χ1v) is 10.5. The van der Waals surface area contributed by atoms with Crippen molar-refractivity contribution in [3.63, 3.8) is 0 Å². The van der Waals surface area contributed by atoms with Gasteiger partial charge in [0.2, 0.25) is 17.8 Å². The predicted molar refractivity (Wildman–Crippen MR) is 121 cm³/mol. The molecule has 156 valence electrons. The summed E-state index contributed by atoms with van der Waals surface area (Å²) in [6.07, 6.45) is 2.02. The lowest BCUT2D eigenvalue weighted by molar-refractivity contribution is 0.122. The molecule has 1 aromatic heterocycles. The van der Waals surface area contributed by atoms with E-state index < -0.39 is 0 Å². The second-order valence-corrected chi connectivity index (χ2v) is 7.23. The van der Waals surface area contributed by atoms with E-state index in [1.54, 1.807) is 0 Å². The topological polar surface area (TPSA) is 75.2 Å². The highest BCUT2D eigenvalue weighted by Crippen LogP contribution is 2.21. The van der Waals surface area contributed by atoms with Crippen LogP contribution in [0.2, 0.25) is 0 Å². The monoisotopic (exact) mass is 404 g/mol. The van der Waals surface area contributed by atoms with E-state index in [1.165, 1.54) is 11.1 Å². The van der Waals surface area contributed by atoms with Crippen molar-refractivity contribution >= 4 is 29.2 Å². The van der Waals surface area contributed by atoms with Gasteiger partial charge in [-0.3, -0.25) is 0 Å². The molecule has 30 heavy (non-hydrogen) atoms. The van der Waals surface area contributed by atoms with Crippen LogP contribution in [0.3, 0.4) is 0 Å². The first-order chi connectivity index (χ1) is 14.7. The molecule has 2 N–H and O–H groups in total. The highest BCUT2D eigenvalue weighted by molar-refractivity contribution is 5.60. The van der Waals surface area contributed by atoms with Gasteiger partial charge in [0, 0.05) is 24.5 Å². The largest absolute Gasteiger partial charge is 0.378 e. The summed E-state index contributed by atoms with van der Waals surface area (Å²) in [5, 5.41) is 6.64. The Balaban J connectivity index is 1.60. The maximum absolute atomic E-state index is 5.47. The third-order valence-corrected chi connectivity index (χ3v) is 5.15. The minimum Gasteiger partial charge on any atom is -0.378 e. The van der Waals surface area contributed by atoms with Crippen LogP contribution < -0.4 is 15.5 Å². The molecule has 0 aliphatic carbocycles. The zero-order chi connectivity index (χ0) is 20.8. The number of ether oxygens (including phenoxy) is 1. The van der Waals surface area contributed by atoms with E-state index >= 15 is 0 Å². The number of benzene rings is 2. The molecule has 0 radical (unpaired) electrons. The maximum Gasteiger partial charge on any atom is 0.233 e. The average Bonchev–Trinajstić information content (AvgIpc) is 2.80. The quantitative estimate of drug-likeness (QED) is 0.607. The first-order valence-electron chi connectivity index (χ1n) is 10.5. The molecule has 3 aromatic rings. The van der Waals surface area contributed by atoms with Crippen molar-refractivity contribution in [1.82, 2.24) is 15.0 Å². The summed E-state index contributed by atoms with van der Waals surface area (Å²) in [7, 11) is 0. The summed E-state index contributed by atoms with van der Waals surface area (Å²) >= 11 is 0. The van der Waals surface area contributed by atoms with Crippen LogP contribution in [0.25, 0.3) is 0 Å². The Morgan fingerprint density at radius 2 is 1.20 bits per heavy atom. The third kappa shape index (κ3) is 5.04. The number of morpholine rings is 1. The van der Waals surface area contributed by atoms with Crippen molar-refractivity contribution in [2.24, 2.45) is 0 Å². The fourth-order valence-corrected chi connectivity index (χ4v) is 3.29. The third-order valence-electron chi connectivity index (χ3n) is 5.15. The van der Waals surface area contributed by atoms with E-state index in [1.807, 2.05) is 24.3 Å². The van der Waals surface area contributed by atoms with Gasteiger partial charge in [-0.25, -0.2) is 0 Å². The number of nitrogens with one attached hydrogen (secondary N) is 2. The lowest BCUT2D eigenvalue weighted by Crippen LogP contribution is -2.37. The first kappa shape index (κ1) is 20.1. The fourth-order valence-electron chi connectivity index (χ4n) is 3.29. The van der Waals surface area contributed by atoms with Crippen LogP contribution in [-0.4, -0.2) is 41.3 Å². The second-order valence-electron chi connectivity index (χ2n) is 7.23. The van der Waals surface area contributed by atoms with Crippen LogP contribution in [0.15, 0.2) is 48.5 Å². The van der Waals surface area contributed by atoms with Gasteiger partial charge in [0.1, 0.15) is 0 Å². The molecule has 0 atom stereocenters. The van der Waals surface area contributed by atoms with Crippen LogP contribution >= 0.6 is 0 Å². The highest BCUT2D eigenvalue weighted by Gasteiger charge is 2.17. The number of hydrogen-bond donors (Lipinski definition) is 2. The van der Waals surface area contributed by atoms with E-state index in [0.29, 0.717) is 31.1 Å². The summed E-state index contributed by atoms with van der Waals surface area (Å²) < 4.78 is 5.47. The number of aryl methyl sites for hydroxylation is 2. The highest BCUT2D eigenvalue weighted by atomic mass is 16.5. The molecule has 4 rings (SSSR count). The molecule has 2 heterocycles. The van der Waals surface area contributed by atoms with Crippen LogP contribution in [0.4, 0.5) is 29.2 Å². The van der Waals surface area contributed by atoms with Crippen molar-refractivity contribution < 1.29 is 4.74 Å². The summed E-state index contributed by atoms with van der Waals surface area (Å²) in [5.74, 6) is 1.68. The lowest BCUT2D eigenvalue weighted by Gasteiger charge is -2.27. The molecular formula is C23H28N6O. The number of rotatable bonds is 7. The molecule has 7 heteroatoms. The van der Waals surface area contributed by atoms with Crippen molar-refractivity contribution in [2.75, 3.05) is 41.8 Å². The Bertz CT molecular complexity index is 885. The van der Waals surface area contributed by atoms with Gasteiger partial charge in [0.25, 0.3) is 0 Å². The van der Waals surface area contributed by atoms with Crippen molar-refractivity contribution in [1.29, 1.82) is 0 Å². The number of anilines is 5. The number of nitrogens with zero attached hydrogens (tertiary/aromatic N) is 4. The molecule has 0 bridgehead atoms. The van der Waals surface area contributed by atoms with E-state index in [2.05, 4.69) is 68.6 Å². The fraction of sp³-hybridized carbons (Fsp3) is 0.348. The normalized spacial score (nSPS) is 13.9. The van der Waals surface area contributed by atoms with Gasteiger partial charge < -0.3 is 20.3 Å². The SMILES string of the molecule is CCc1ccc(Nc2nc(Nc3ccc(CC)cc3)nc(N3CCOCC3)n2)cc1. The molecule has 1 aliphatic heterocycles. The van der Waals surface area contributed by atoms with Gasteiger partial charge in [-0.05, 0) is 48.2 Å². The van der Waals surface area contributed by atoms with Gasteiger partial charge in [-0.15, -0.1) is 0 Å². The summed E-state index contributed by atoms with van der Waals surface area (Å²) in [5.41, 5.74) is 4.49. The summed E-state index contributed by atoms with van der Waals surface area (Å²) in [6.45, 7) is 7.17.